The van der Waals surface area contributed by atoms with Crippen LogP contribution < -0.4 is 0 Å². The summed E-state index contributed by atoms with van der Waals surface area (Å²) < 4.78 is 0. The number of Topliss-reactive ketones (excluding diaryl/α,β-unsaturated/α-hetero) is 1. The van der Waals surface area contributed by atoms with E-state index < -0.39 is 0 Å². The molecule has 1 aliphatic rings. The SMILES string of the molecule is C=C/C=C\C1=C(C)c2ccccc2C1=O. The molecule has 0 saturated heterocycles. The van der Waals surface area contributed by atoms with E-state index in [9.17, 15) is 4.79 Å². The topological polar surface area (TPSA) is 17.1 Å². The molecule has 0 aromatic heterocycles. The summed E-state index contributed by atoms with van der Waals surface area (Å²) in [5, 5.41) is 0. The lowest BCUT2D eigenvalue weighted by Crippen LogP contribution is -1.95. The Bertz CT molecular complexity index is 490. The second-order valence-electron chi connectivity index (χ2n) is 3.51. The average molecular weight is 196 g/mol. The monoisotopic (exact) mass is 196 g/mol. The van der Waals surface area contributed by atoms with Crippen LogP contribution in [0.5, 0.6) is 0 Å². The van der Waals surface area contributed by atoms with Crippen molar-refractivity contribution in [3.63, 3.8) is 0 Å². The van der Waals surface area contributed by atoms with E-state index in [0.29, 0.717) is 0 Å². The first-order chi connectivity index (χ1) is 7.25. The molecule has 0 amide bonds. The van der Waals surface area contributed by atoms with Crippen LogP contribution in [0.25, 0.3) is 5.57 Å². The summed E-state index contributed by atoms with van der Waals surface area (Å²) in [5.41, 5.74) is 3.68. The molecular weight excluding hydrogens is 184 g/mol. The second-order valence-corrected chi connectivity index (χ2v) is 3.51. The molecule has 2 rings (SSSR count). The third-order valence-electron chi connectivity index (χ3n) is 2.62. The highest BCUT2D eigenvalue weighted by Gasteiger charge is 2.24. The molecule has 0 fully saturated rings. The maximum Gasteiger partial charge on any atom is 0.193 e. The van der Waals surface area contributed by atoms with Crippen molar-refractivity contribution in [1.82, 2.24) is 0 Å². The number of ketones is 1. The Balaban J connectivity index is 2.54. The molecule has 74 valence electrons. The summed E-state index contributed by atoms with van der Waals surface area (Å²) in [4.78, 5) is 12.0. The molecule has 15 heavy (non-hydrogen) atoms. The van der Waals surface area contributed by atoms with Gasteiger partial charge in [-0.3, -0.25) is 4.79 Å². The van der Waals surface area contributed by atoms with E-state index in [1.165, 1.54) is 0 Å². The summed E-state index contributed by atoms with van der Waals surface area (Å²) in [5.74, 6) is 0.112. The second kappa shape index (κ2) is 3.70. The number of allylic oxidation sites excluding steroid dienone is 5. The molecule has 0 radical (unpaired) electrons. The summed E-state index contributed by atoms with van der Waals surface area (Å²) in [6, 6.07) is 7.70. The van der Waals surface area contributed by atoms with Gasteiger partial charge in [0.1, 0.15) is 0 Å². The molecule has 0 heterocycles. The predicted octanol–water partition coefficient (Wildman–Crippen LogP) is 3.40. The van der Waals surface area contributed by atoms with Crippen LogP contribution in [-0.2, 0) is 0 Å². The van der Waals surface area contributed by atoms with Gasteiger partial charge in [0, 0.05) is 11.1 Å². The molecule has 1 nitrogen and oxygen atoms in total. The van der Waals surface area contributed by atoms with Gasteiger partial charge in [-0.2, -0.15) is 0 Å². The third-order valence-corrected chi connectivity index (χ3v) is 2.62. The van der Waals surface area contributed by atoms with Gasteiger partial charge in [-0.05, 0) is 18.1 Å². The van der Waals surface area contributed by atoms with Crippen LogP contribution >= 0.6 is 0 Å². The average Bonchev–Trinajstić information content (AvgIpc) is 2.51. The summed E-state index contributed by atoms with van der Waals surface area (Å²) in [6.07, 6.45) is 5.30. The van der Waals surface area contributed by atoms with Crippen LogP contribution in [0.1, 0.15) is 22.8 Å². The number of benzene rings is 1. The molecule has 0 bridgehead atoms. The maximum atomic E-state index is 12.0. The highest BCUT2D eigenvalue weighted by atomic mass is 16.1. The minimum Gasteiger partial charge on any atom is -0.289 e. The lowest BCUT2D eigenvalue weighted by atomic mass is 10.1. The van der Waals surface area contributed by atoms with Crippen molar-refractivity contribution in [2.75, 3.05) is 0 Å². The van der Waals surface area contributed by atoms with E-state index >= 15 is 0 Å². The number of carbonyl (C=O) groups is 1. The fraction of sp³-hybridized carbons (Fsp3) is 0.0714. The number of hydrogen-bond acceptors (Lipinski definition) is 1. The van der Waals surface area contributed by atoms with Gasteiger partial charge in [-0.15, -0.1) is 0 Å². The zero-order chi connectivity index (χ0) is 10.8. The number of carbonyl (C=O) groups excluding carboxylic acids is 1. The zero-order valence-electron chi connectivity index (χ0n) is 8.66. The van der Waals surface area contributed by atoms with Gasteiger partial charge in [0.25, 0.3) is 0 Å². The maximum absolute atomic E-state index is 12.0. The van der Waals surface area contributed by atoms with E-state index in [-0.39, 0.29) is 5.78 Å². The van der Waals surface area contributed by atoms with Crippen molar-refractivity contribution in [3.05, 3.63) is 65.8 Å². The molecule has 0 spiro atoms. The lowest BCUT2D eigenvalue weighted by molar-refractivity contribution is 0.104. The van der Waals surface area contributed by atoms with Crippen LogP contribution in [0.2, 0.25) is 0 Å². The van der Waals surface area contributed by atoms with Gasteiger partial charge in [-0.25, -0.2) is 0 Å². The largest absolute Gasteiger partial charge is 0.289 e. The van der Waals surface area contributed by atoms with Gasteiger partial charge in [0.2, 0.25) is 0 Å². The predicted molar refractivity (Wildman–Crippen MR) is 62.7 cm³/mol. The molecule has 1 aromatic carbocycles. The van der Waals surface area contributed by atoms with E-state index in [2.05, 4.69) is 6.58 Å². The Morgan fingerprint density at radius 3 is 2.47 bits per heavy atom. The summed E-state index contributed by atoms with van der Waals surface area (Å²) in [7, 11) is 0. The Hall–Kier alpha value is -1.89. The van der Waals surface area contributed by atoms with Crippen molar-refractivity contribution < 1.29 is 4.79 Å². The minimum atomic E-state index is 0.112. The Morgan fingerprint density at radius 2 is 1.87 bits per heavy atom. The van der Waals surface area contributed by atoms with Crippen molar-refractivity contribution >= 4 is 11.4 Å². The zero-order valence-corrected chi connectivity index (χ0v) is 8.66. The van der Waals surface area contributed by atoms with Gasteiger partial charge in [0.15, 0.2) is 5.78 Å². The van der Waals surface area contributed by atoms with Crippen LogP contribution in [0, 0.1) is 0 Å². The fourth-order valence-corrected chi connectivity index (χ4v) is 1.83. The first-order valence-corrected chi connectivity index (χ1v) is 4.90. The van der Waals surface area contributed by atoms with Gasteiger partial charge < -0.3 is 0 Å². The van der Waals surface area contributed by atoms with Gasteiger partial charge in [-0.1, -0.05) is 49.1 Å². The van der Waals surface area contributed by atoms with E-state index in [0.717, 1.165) is 22.3 Å². The van der Waals surface area contributed by atoms with E-state index in [1.807, 2.05) is 37.3 Å². The molecule has 0 unspecified atom stereocenters. The highest BCUT2D eigenvalue weighted by Crippen LogP contribution is 2.32. The molecule has 1 heteroatoms. The molecule has 0 saturated carbocycles. The standard InChI is InChI=1S/C14H12O/c1-3-4-7-12-10(2)11-8-5-6-9-13(11)14(12)15/h3-9H,1H2,2H3/b7-4-. The van der Waals surface area contributed by atoms with E-state index in [1.54, 1.807) is 12.2 Å². The fourth-order valence-electron chi connectivity index (χ4n) is 1.83. The Kier molecular flexibility index (Phi) is 2.38. The molecule has 0 N–H and O–H groups in total. The van der Waals surface area contributed by atoms with Gasteiger partial charge >= 0.3 is 0 Å². The van der Waals surface area contributed by atoms with Gasteiger partial charge in [0.05, 0.1) is 0 Å². The van der Waals surface area contributed by atoms with Crippen LogP contribution in [0.4, 0.5) is 0 Å². The van der Waals surface area contributed by atoms with Crippen LogP contribution in [-0.4, -0.2) is 5.78 Å². The Labute approximate surface area is 89.4 Å². The van der Waals surface area contributed by atoms with Crippen molar-refractivity contribution in [2.45, 2.75) is 6.92 Å². The van der Waals surface area contributed by atoms with Crippen LogP contribution in [0.3, 0.4) is 0 Å². The molecule has 1 aromatic rings. The van der Waals surface area contributed by atoms with Crippen LogP contribution in [0.15, 0.2) is 54.6 Å². The van der Waals surface area contributed by atoms with Crippen molar-refractivity contribution in [1.29, 1.82) is 0 Å². The van der Waals surface area contributed by atoms with E-state index in [4.69, 9.17) is 0 Å². The molecule has 0 atom stereocenters. The molecular formula is C14H12O. The first kappa shape index (κ1) is 9.66. The van der Waals surface area contributed by atoms with Crippen molar-refractivity contribution in [2.24, 2.45) is 0 Å². The number of hydrogen-bond donors (Lipinski definition) is 0. The van der Waals surface area contributed by atoms with Crippen molar-refractivity contribution in [3.8, 4) is 0 Å². The smallest absolute Gasteiger partial charge is 0.193 e. The Morgan fingerprint density at radius 1 is 1.20 bits per heavy atom. The summed E-state index contributed by atoms with van der Waals surface area (Å²) >= 11 is 0. The minimum absolute atomic E-state index is 0.112. The summed E-state index contributed by atoms with van der Waals surface area (Å²) in [6.45, 7) is 5.58. The first-order valence-electron chi connectivity index (χ1n) is 4.90. The molecule has 0 aliphatic heterocycles. The molecule has 1 aliphatic carbocycles. The third kappa shape index (κ3) is 1.46. The quantitative estimate of drug-likeness (QED) is 0.662. The number of rotatable bonds is 2. The lowest BCUT2D eigenvalue weighted by Gasteiger charge is -1.96. The normalized spacial score (nSPS) is 14.9. The highest BCUT2D eigenvalue weighted by molar-refractivity contribution is 6.22. The number of fused-ring (bicyclic) bond motifs is 1.